The Morgan fingerprint density at radius 3 is 2.40 bits per heavy atom. The third-order valence-electron chi connectivity index (χ3n) is 5.84. The minimum Gasteiger partial charge on any atom is -0.312 e. The monoisotopic (exact) mass is 278 g/mol. The van der Waals surface area contributed by atoms with Crippen molar-refractivity contribution in [1.29, 1.82) is 0 Å². The first-order chi connectivity index (χ1) is 9.83. The Labute approximate surface area is 125 Å². The van der Waals surface area contributed by atoms with Gasteiger partial charge in [0, 0.05) is 19.1 Å². The van der Waals surface area contributed by atoms with Gasteiger partial charge in [0.15, 0.2) is 0 Å². The van der Waals surface area contributed by atoms with Gasteiger partial charge in [-0.05, 0) is 56.5 Å². The van der Waals surface area contributed by atoms with Crippen LogP contribution in [0.4, 0.5) is 0 Å². The predicted octanol–water partition coefficient (Wildman–Crippen LogP) is 3.67. The van der Waals surface area contributed by atoms with Crippen molar-refractivity contribution in [1.82, 2.24) is 10.2 Å². The second kappa shape index (κ2) is 7.26. The molecule has 3 fully saturated rings. The topological polar surface area (TPSA) is 15.3 Å². The van der Waals surface area contributed by atoms with Crippen LogP contribution in [-0.2, 0) is 0 Å². The number of likely N-dealkylation sites (tertiary alicyclic amines) is 1. The van der Waals surface area contributed by atoms with Gasteiger partial charge in [0.05, 0.1) is 0 Å². The lowest BCUT2D eigenvalue weighted by molar-refractivity contribution is 0.134. The van der Waals surface area contributed by atoms with E-state index in [0.717, 1.165) is 23.8 Å². The summed E-state index contributed by atoms with van der Waals surface area (Å²) in [6.07, 6.45) is 13.4. The predicted molar refractivity (Wildman–Crippen MR) is 85.9 cm³/mol. The summed E-state index contributed by atoms with van der Waals surface area (Å²) < 4.78 is 0. The maximum Gasteiger partial charge on any atom is 0.0198 e. The first kappa shape index (κ1) is 14.8. The largest absolute Gasteiger partial charge is 0.312 e. The van der Waals surface area contributed by atoms with E-state index >= 15 is 0 Å². The molecule has 3 aliphatic rings. The van der Waals surface area contributed by atoms with Crippen molar-refractivity contribution in [3.8, 4) is 0 Å². The molecule has 1 heterocycles. The van der Waals surface area contributed by atoms with Crippen LogP contribution in [0.25, 0.3) is 0 Å². The summed E-state index contributed by atoms with van der Waals surface area (Å²) in [6, 6.07) is 0.773. The number of piperidine rings is 1. The molecule has 1 N–H and O–H groups in total. The molecule has 0 radical (unpaired) electrons. The molecular weight excluding hydrogens is 244 g/mol. The first-order valence-corrected chi connectivity index (χ1v) is 9.29. The SMILES string of the molecule is CCN1CC(CC2CC2)CC(NCC2CCCCC2)C1. The van der Waals surface area contributed by atoms with Gasteiger partial charge in [0.1, 0.15) is 0 Å². The van der Waals surface area contributed by atoms with Crippen molar-refractivity contribution in [2.75, 3.05) is 26.2 Å². The molecule has 2 saturated carbocycles. The zero-order valence-electron chi connectivity index (χ0n) is 13.4. The zero-order chi connectivity index (χ0) is 13.8. The van der Waals surface area contributed by atoms with Gasteiger partial charge >= 0.3 is 0 Å². The number of likely N-dealkylation sites (N-methyl/N-ethyl adjacent to an activating group) is 1. The third-order valence-corrected chi connectivity index (χ3v) is 5.84. The van der Waals surface area contributed by atoms with Crippen molar-refractivity contribution in [2.24, 2.45) is 17.8 Å². The van der Waals surface area contributed by atoms with Crippen LogP contribution in [-0.4, -0.2) is 37.1 Å². The van der Waals surface area contributed by atoms with Crippen molar-refractivity contribution in [2.45, 2.75) is 70.8 Å². The fourth-order valence-electron chi connectivity index (χ4n) is 4.43. The Kier molecular flexibility index (Phi) is 5.39. The highest BCUT2D eigenvalue weighted by molar-refractivity contribution is 4.87. The fraction of sp³-hybridized carbons (Fsp3) is 1.00. The molecule has 1 saturated heterocycles. The van der Waals surface area contributed by atoms with Crippen LogP contribution < -0.4 is 5.32 Å². The molecule has 2 nitrogen and oxygen atoms in total. The van der Waals surface area contributed by atoms with E-state index in [4.69, 9.17) is 0 Å². The average molecular weight is 278 g/mol. The molecule has 2 heteroatoms. The van der Waals surface area contributed by atoms with Gasteiger partial charge in [-0.2, -0.15) is 0 Å². The Balaban J connectivity index is 1.43. The highest BCUT2D eigenvalue weighted by Crippen LogP contribution is 2.37. The van der Waals surface area contributed by atoms with Gasteiger partial charge in [0.25, 0.3) is 0 Å². The number of hydrogen-bond donors (Lipinski definition) is 1. The maximum absolute atomic E-state index is 3.94. The summed E-state index contributed by atoms with van der Waals surface area (Å²) in [6.45, 7) is 7.53. The molecule has 0 spiro atoms. The molecule has 2 unspecified atom stereocenters. The Hall–Kier alpha value is -0.0800. The Morgan fingerprint density at radius 2 is 1.70 bits per heavy atom. The smallest absolute Gasteiger partial charge is 0.0198 e. The molecule has 116 valence electrons. The van der Waals surface area contributed by atoms with Gasteiger partial charge in [-0.3, -0.25) is 0 Å². The molecule has 0 aromatic carbocycles. The van der Waals surface area contributed by atoms with Gasteiger partial charge in [0.2, 0.25) is 0 Å². The maximum atomic E-state index is 3.94. The van der Waals surface area contributed by atoms with E-state index in [1.807, 2.05) is 0 Å². The fourth-order valence-corrected chi connectivity index (χ4v) is 4.43. The van der Waals surface area contributed by atoms with Gasteiger partial charge in [-0.1, -0.05) is 39.0 Å². The molecule has 0 bridgehead atoms. The van der Waals surface area contributed by atoms with E-state index in [1.54, 1.807) is 0 Å². The lowest BCUT2D eigenvalue weighted by Gasteiger charge is -2.38. The minimum absolute atomic E-state index is 0.773. The van der Waals surface area contributed by atoms with E-state index in [2.05, 4.69) is 17.1 Å². The lowest BCUT2D eigenvalue weighted by Crippen LogP contribution is -2.50. The molecule has 2 aliphatic carbocycles. The molecule has 20 heavy (non-hydrogen) atoms. The highest BCUT2D eigenvalue weighted by Gasteiger charge is 2.31. The van der Waals surface area contributed by atoms with Crippen molar-refractivity contribution in [3.63, 3.8) is 0 Å². The van der Waals surface area contributed by atoms with E-state index < -0.39 is 0 Å². The Morgan fingerprint density at radius 1 is 0.900 bits per heavy atom. The van der Waals surface area contributed by atoms with Crippen LogP contribution in [0, 0.1) is 17.8 Å². The normalized spacial score (nSPS) is 33.5. The molecular formula is C18H34N2. The molecule has 3 rings (SSSR count). The molecule has 1 aliphatic heterocycles. The summed E-state index contributed by atoms with van der Waals surface area (Å²) >= 11 is 0. The van der Waals surface area contributed by atoms with Crippen molar-refractivity contribution < 1.29 is 0 Å². The van der Waals surface area contributed by atoms with E-state index in [1.165, 1.54) is 84.0 Å². The van der Waals surface area contributed by atoms with Crippen LogP contribution in [0.15, 0.2) is 0 Å². The van der Waals surface area contributed by atoms with Crippen LogP contribution in [0.3, 0.4) is 0 Å². The van der Waals surface area contributed by atoms with E-state index in [9.17, 15) is 0 Å². The quantitative estimate of drug-likeness (QED) is 0.797. The van der Waals surface area contributed by atoms with Crippen molar-refractivity contribution >= 4 is 0 Å². The lowest BCUT2D eigenvalue weighted by atomic mass is 9.87. The average Bonchev–Trinajstić information content (AvgIpc) is 3.30. The van der Waals surface area contributed by atoms with Gasteiger partial charge in [-0.25, -0.2) is 0 Å². The summed E-state index contributed by atoms with van der Waals surface area (Å²) in [5, 5.41) is 3.94. The van der Waals surface area contributed by atoms with Crippen LogP contribution in [0.5, 0.6) is 0 Å². The molecule has 0 aromatic rings. The highest BCUT2D eigenvalue weighted by atomic mass is 15.2. The standard InChI is InChI=1S/C18H34N2/c1-2-20-13-17(10-15-8-9-15)11-18(14-20)19-12-16-6-4-3-5-7-16/h15-19H,2-14H2,1H3. The number of nitrogens with zero attached hydrogens (tertiary/aromatic N) is 1. The number of hydrogen-bond acceptors (Lipinski definition) is 2. The first-order valence-electron chi connectivity index (χ1n) is 9.29. The number of rotatable bonds is 6. The van der Waals surface area contributed by atoms with E-state index in [0.29, 0.717) is 0 Å². The molecule has 2 atom stereocenters. The van der Waals surface area contributed by atoms with Gasteiger partial charge < -0.3 is 10.2 Å². The summed E-state index contributed by atoms with van der Waals surface area (Å²) in [5.41, 5.74) is 0. The zero-order valence-corrected chi connectivity index (χ0v) is 13.4. The Bertz CT molecular complexity index is 281. The summed E-state index contributed by atoms with van der Waals surface area (Å²) in [4.78, 5) is 2.69. The van der Waals surface area contributed by atoms with Crippen LogP contribution >= 0.6 is 0 Å². The minimum atomic E-state index is 0.773. The second-order valence-electron chi connectivity index (χ2n) is 7.74. The molecule has 0 amide bonds. The van der Waals surface area contributed by atoms with Crippen molar-refractivity contribution in [3.05, 3.63) is 0 Å². The van der Waals surface area contributed by atoms with Crippen LogP contribution in [0.2, 0.25) is 0 Å². The number of nitrogens with one attached hydrogen (secondary N) is 1. The van der Waals surface area contributed by atoms with Gasteiger partial charge in [-0.15, -0.1) is 0 Å². The summed E-state index contributed by atoms with van der Waals surface area (Å²) in [7, 11) is 0. The second-order valence-corrected chi connectivity index (χ2v) is 7.74. The molecule has 0 aromatic heterocycles. The van der Waals surface area contributed by atoms with Crippen LogP contribution in [0.1, 0.15) is 64.7 Å². The van der Waals surface area contributed by atoms with E-state index in [-0.39, 0.29) is 0 Å². The third kappa shape index (κ3) is 4.46. The summed E-state index contributed by atoms with van der Waals surface area (Å²) in [5.74, 6) is 3.04.